The quantitative estimate of drug-likeness (QED) is 0.904. The number of hydrogen-bond donors (Lipinski definition) is 1. The maximum Gasteiger partial charge on any atom is 0.222 e. The van der Waals surface area contributed by atoms with Crippen molar-refractivity contribution < 1.29 is 9.53 Å². The minimum absolute atomic E-state index is 0.127. The van der Waals surface area contributed by atoms with Gasteiger partial charge in [-0.1, -0.05) is 29.8 Å². The molecule has 0 bridgehead atoms. The van der Waals surface area contributed by atoms with E-state index in [2.05, 4.69) is 12.2 Å². The molecule has 0 radical (unpaired) electrons. The van der Waals surface area contributed by atoms with Crippen LogP contribution in [-0.4, -0.2) is 43.1 Å². The fourth-order valence-electron chi connectivity index (χ4n) is 3.67. The van der Waals surface area contributed by atoms with Crippen molar-refractivity contribution in [1.29, 1.82) is 0 Å². The molecule has 1 N–H and O–H groups in total. The molecule has 2 aliphatic rings. The Morgan fingerprint density at radius 3 is 2.83 bits per heavy atom. The molecule has 1 aromatic rings. The van der Waals surface area contributed by atoms with Gasteiger partial charge in [0.1, 0.15) is 6.10 Å². The monoisotopic (exact) mass is 350 g/mol. The smallest absolute Gasteiger partial charge is 0.222 e. The Morgan fingerprint density at radius 1 is 1.33 bits per heavy atom. The number of carbonyl (C=O) groups excluding carboxylic acids is 1. The SMILES string of the molecule is CC1COC(c2ccccc2Cl)CN1C(=O)CCC1CCNCC1. The molecule has 0 aliphatic carbocycles. The van der Waals surface area contributed by atoms with Crippen molar-refractivity contribution in [3.63, 3.8) is 0 Å². The lowest BCUT2D eigenvalue weighted by atomic mass is 9.93. The summed E-state index contributed by atoms with van der Waals surface area (Å²) in [6.45, 7) is 5.39. The Balaban J connectivity index is 1.58. The van der Waals surface area contributed by atoms with Gasteiger partial charge in [-0.05, 0) is 51.3 Å². The lowest BCUT2D eigenvalue weighted by Crippen LogP contribution is -2.48. The van der Waals surface area contributed by atoms with Gasteiger partial charge in [0, 0.05) is 17.0 Å². The number of nitrogens with zero attached hydrogens (tertiary/aromatic N) is 1. The highest BCUT2D eigenvalue weighted by molar-refractivity contribution is 6.31. The summed E-state index contributed by atoms with van der Waals surface area (Å²) in [5.74, 6) is 0.937. The summed E-state index contributed by atoms with van der Waals surface area (Å²) in [6, 6.07) is 7.87. The van der Waals surface area contributed by atoms with E-state index < -0.39 is 0 Å². The number of piperidine rings is 1. The van der Waals surface area contributed by atoms with Crippen LogP contribution in [0.25, 0.3) is 0 Å². The molecule has 2 saturated heterocycles. The molecule has 3 rings (SSSR count). The molecule has 132 valence electrons. The number of rotatable bonds is 4. The van der Waals surface area contributed by atoms with Crippen molar-refractivity contribution >= 4 is 17.5 Å². The Labute approximate surface area is 149 Å². The molecular weight excluding hydrogens is 324 g/mol. The number of morpholine rings is 1. The van der Waals surface area contributed by atoms with Gasteiger partial charge in [-0.2, -0.15) is 0 Å². The van der Waals surface area contributed by atoms with Crippen LogP contribution < -0.4 is 5.32 Å². The molecule has 1 amide bonds. The third-order valence-corrected chi connectivity index (χ3v) is 5.58. The molecule has 5 heteroatoms. The van der Waals surface area contributed by atoms with Gasteiger partial charge < -0.3 is 15.0 Å². The van der Waals surface area contributed by atoms with Crippen molar-refractivity contribution in [2.45, 2.75) is 44.8 Å². The Kier molecular flexibility index (Phi) is 6.14. The first kappa shape index (κ1) is 17.7. The molecule has 2 atom stereocenters. The second-order valence-corrected chi connectivity index (χ2v) is 7.38. The zero-order valence-electron chi connectivity index (χ0n) is 14.3. The Morgan fingerprint density at radius 2 is 2.08 bits per heavy atom. The summed E-state index contributed by atoms with van der Waals surface area (Å²) >= 11 is 6.29. The molecular formula is C19H27ClN2O2. The van der Waals surface area contributed by atoms with E-state index in [1.165, 1.54) is 12.8 Å². The highest BCUT2D eigenvalue weighted by Gasteiger charge is 2.31. The Hall–Kier alpha value is -1.10. The normalized spacial score (nSPS) is 25.7. The largest absolute Gasteiger partial charge is 0.369 e. The molecule has 4 nitrogen and oxygen atoms in total. The van der Waals surface area contributed by atoms with E-state index >= 15 is 0 Å². The van der Waals surface area contributed by atoms with Gasteiger partial charge in [0.2, 0.25) is 5.91 Å². The summed E-state index contributed by atoms with van der Waals surface area (Å²) in [5.41, 5.74) is 0.974. The van der Waals surface area contributed by atoms with Gasteiger partial charge in [-0.15, -0.1) is 0 Å². The van der Waals surface area contributed by atoms with Crippen molar-refractivity contribution in [3.05, 3.63) is 34.9 Å². The number of benzene rings is 1. The van der Waals surface area contributed by atoms with Crippen LogP contribution >= 0.6 is 11.6 Å². The molecule has 1 aromatic carbocycles. The van der Waals surface area contributed by atoms with E-state index in [0.717, 1.165) is 25.1 Å². The number of ether oxygens (including phenoxy) is 1. The molecule has 2 heterocycles. The Bertz CT molecular complexity index is 560. The van der Waals surface area contributed by atoms with Crippen LogP contribution in [-0.2, 0) is 9.53 Å². The highest BCUT2D eigenvalue weighted by Crippen LogP contribution is 2.30. The molecule has 0 aromatic heterocycles. The highest BCUT2D eigenvalue weighted by atomic mass is 35.5. The van der Waals surface area contributed by atoms with E-state index in [9.17, 15) is 4.79 Å². The van der Waals surface area contributed by atoms with Gasteiger partial charge in [-0.3, -0.25) is 4.79 Å². The average Bonchev–Trinajstić information content (AvgIpc) is 2.61. The number of halogens is 1. The van der Waals surface area contributed by atoms with Gasteiger partial charge in [0.15, 0.2) is 0 Å². The van der Waals surface area contributed by atoms with Crippen LogP contribution in [0.2, 0.25) is 5.02 Å². The molecule has 2 fully saturated rings. The lowest BCUT2D eigenvalue weighted by Gasteiger charge is -2.38. The molecule has 2 unspecified atom stereocenters. The first-order valence-corrected chi connectivity index (χ1v) is 9.39. The number of nitrogens with one attached hydrogen (secondary N) is 1. The topological polar surface area (TPSA) is 41.6 Å². The summed E-state index contributed by atoms with van der Waals surface area (Å²) in [6.07, 6.45) is 3.89. The fraction of sp³-hybridized carbons (Fsp3) is 0.632. The van der Waals surface area contributed by atoms with Crippen LogP contribution in [0.1, 0.15) is 44.3 Å². The van der Waals surface area contributed by atoms with Crippen molar-refractivity contribution in [1.82, 2.24) is 10.2 Å². The van der Waals surface area contributed by atoms with Gasteiger partial charge in [0.05, 0.1) is 19.2 Å². The van der Waals surface area contributed by atoms with Crippen LogP contribution in [0, 0.1) is 5.92 Å². The molecule has 0 spiro atoms. The maximum atomic E-state index is 12.7. The van der Waals surface area contributed by atoms with Crippen LogP contribution in [0.4, 0.5) is 0 Å². The summed E-state index contributed by atoms with van der Waals surface area (Å²) < 4.78 is 5.95. The van der Waals surface area contributed by atoms with E-state index in [4.69, 9.17) is 16.3 Å². The van der Waals surface area contributed by atoms with Gasteiger partial charge in [-0.25, -0.2) is 0 Å². The second kappa shape index (κ2) is 8.32. The van der Waals surface area contributed by atoms with E-state index in [0.29, 0.717) is 30.5 Å². The third kappa shape index (κ3) is 4.29. The summed E-state index contributed by atoms with van der Waals surface area (Å²) in [5, 5.41) is 4.09. The van der Waals surface area contributed by atoms with Crippen molar-refractivity contribution in [2.75, 3.05) is 26.2 Å². The van der Waals surface area contributed by atoms with Gasteiger partial charge in [0.25, 0.3) is 0 Å². The van der Waals surface area contributed by atoms with Crippen molar-refractivity contribution in [2.24, 2.45) is 5.92 Å². The molecule has 0 saturated carbocycles. The van der Waals surface area contributed by atoms with E-state index in [-0.39, 0.29) is 18.1 Å². The zero-order valence-corrected chi connectivity index (χ0v) is 15.1. The zero-order chi connectivity index (χ0) is 16.9. The van der Waals surface area contributed by atoms with Gasteiger partial charge >= 0.3 is 0 Å². The number of amides is 1. The van der Waals surface area contributed by atoms with Crippen LogP contribution in [0.3, 0.4) is 0 Å². The fourth-order valence-corrected chi connectivity index (χ4v) is 3.93. The molecule has 24 heavy (non-hydrogen) atoms. The summed E-state index contributed by atoms with van der Waals surface area (Å²) in [4.78, 5) is 14.7. The predicted molar refractivity (Wildman–Crippen MR) is 96.1 cm³/mol. The molecule has 2 aliphatic heterocycles. The standard InChI is InChI=1S/C19H27ClN2O2/c1-14-13-24-18(16-4-2-3-5-17(16)20)12-22(14)19(23)7-6-15-8-10-21-11-9-15/h2-5,14-15,18,21H,6-13H2,1H3. The first-order valence-electron chi connectivity index (χ1n) is 9.01. The number of hydrogen-bond acceptors (Lipinski definition) is 3. The first-order chi connectivity index (χ1) is 11.6. The third-order valence-electron chi connectivity index (χ3n) is 5.23. The summed E-state index contributed by atoms with van der Waals surface area (Å²) in [7, 11) is 0. The van der Waals surface area contributed by atoms with Crippen molar-refractivity contribution in [3.8, 4) is 0 Å². The maximum absolute atomic E-state index is 12.7. The minimum atomic E-state index is -0.127. The van der Waals surface area contributed by atoms with Crippen LogP contribution in [0.15, 0.2) is 24.3 Å². The minimum Gasteiger partial charge on any atom is -0.369 e. The average molecular weight is 351 g/mol. The number of carbonyl (C=O) groups is 1. The van der Waals surface area contributed by atoms with E-state index in [1.807, 2.05) is 29.2 Å². The second-order valence-electron chi connectivity index (χ2n) is 6.97. The van der Waals surface area contributed by atoms with E-state index in [1.54, 1.807) is 0 Å². The lowest BCUT2D eigenvalue weighted by molar-refractivity contribution is -0.144. The predicted octanol–water partition coefficient (Wildman–Crippen LogP) is 3.41. The van der Waals surface area contributed by atoms with Crippen LogP contribution in [0.5, 0.6) is 0 Å².